The third kappa shape index (κ3) is 2.00. The Morgan fingerprint density at radius 2 is 2.00 bits per heavy atom. The van der Waals surface area contributed by atoms with Crippen LogP contribution in [0.15, 0.2) is 5.03 Å². The lowest BCUT2D eigenvalue weighted by Crippen LogP contribution is -2.12. The highest BCUT2D eigenvalue weighted by Gasteiger charge is 2.24. The number of fused-ring (bicyclic) bond motifs is 1. The number of anilines is 1. The van der Waals surface area contributed by atoms with Gasteiger partial charge in [-0.25, -0.2) is 13.4 Å². The zero-order valence-electron chi connectivity index (χ0n) is 11.7. The standard InChI is InChI=1S/C12H15N5O2S/c1-6(2)9-7(3)16-17-10(14)8(5-13)12(15-11(9)17)20(4,18)19/h6H,14H2,1-4H3. The van der Waals surface area contributed by atoms with Crippen LogP contribution in [0.4, 0.5) is 5.82 Å². The van der Waals surface area contributed by atoms with Crippen LogP contribution >= 0.6 is 0 Å². The van der Waals surface area contributed by atoms with Gasteiger partial charge in [-0.1, -0.05) is 13.8 Å². The topological polar surface area (TPSA) is 114 Å². The minimum absolute atomic E-state index is 0.00655. The summed E-state index contributed by atoms with van der Waals surface area (Å²) in [5.74, 6) is 0.104. The number of hydrogen-bond donors (Lipinski definition) is 1. The summed E-state index contributed by atoms with van der Waals surface area (Å²) in [6.07, 6.45) is 1.00. The molecule has 0 aliphatic carbocycles. The van der Waals surface area contributed by atoms with E-state index in [2.05, 4.69) is 10.1 Å². The van der Waals surface area contributed by atoms with Gasteiger partial charge in [-0.15, -0.1) is 0 Å². The maximum absolute atomic E-state index is 11.8. The molecule has 2 aromatic heterocycles. The van der Waals surface area contributed by atoms with Crippen LogP contribution in [-0.2, 0) is 9.84 Å². The van der Waals surface area contributed by atoms with Crippen LogP contribution in [0.5, 0.6) is 0 Å². The van der Waals surface area contributed by atoms with Gasteiger partial charge in [0.25, 0.3) is 0 Å². The summed E-state index contributed by atoms with van der Waals surface area (Å²) in [7, 11) is -3.65. The summed E-state index contributed by atoms with van der Waals surface area (Å²) in [4.78, 5) is 4.13. The predicted octanol–water partition coefficient (Wildman–Crippen LogP) is 1.02. The number of rotatable bonds is 2. The van der Waals surface area contributed by atoms with Crippen molar-refractivity contribution in [1.82, 2.24) is 14.6 Å². The van der Waals surface area contributed by atoms with Crippen LogP contribution in [0.2, 0.25) is 0 Å². The van der Waals surface area contributed by atoms with E-state index in [4.69, 9.17) is 11.0 Å². The molecule has 0 amide bonds. The van der Waals surface area contributed by atoms with E-state index in [-0.39, 0.29) is 22.3 Å². The van der Waals surface area contributed by atoms with Crippen LogP contribution in [0.3, 0.4) is 0 Å². The fourth-order valence-electron chi connectivity index (χ4n) is 2.22. The lowest BCUT2D eigenvalue weighted by atomic mass is 10.0. The van der Waals surface area contributed by atoms with E-state index in [0.717, 1.165) is 11.8 Å². The Morgan fingerprint density at radius 1 is 1.40 bits per heavy atom. The van der Waals surface area contributed by atoms with Crippen molar-refractivity contribution in [2.24, 2.45) is 0 Å². The van der Waals surface area contributed by atoms with Crippen molar-refractivity contribution in [2.75, 3.05) is 12.0 Å². The van der Waals surface area contributed by atoms with Gasteiger partial charge in [0.2, 0.25) is 0 Å². The third-order valence-electron chi connectivity index (χ3n) is 3.03. The summed E-state index contributed by atoms with van der Waals surface area (Å²) in [6.45, 7) is 5.72. The number of aryl methyl sites for hydroxylation is 1. The van der Waals surface area contributed by atoms with Gasteiger partial charge in [0, 0.05) is 11.8 Å². The second kappa shape index (κ2) is 4.45. The van der Waals surface area contributed by atoms with Crippen molar-refractivity contribution in [1.29, 1.82) is 5.26 Å². The molecule has 0 radical (unpaired) electrons. The molecule has 0 aliphatic heterocycles. The highest BCUT2D eigenvalue weighted by atomic mass is 32.2. The summed E-state index contributed by atoms with van der Waals surface area (Å²) in [5.41, 5.74) is 7.64. The van der Waals surface area contributed by atoms with E-state index in [0.29, 0.717) is 11.3 Å². The van der Waals surface area contributed by atoms with E-state index in [1.54, 1.807) is 13.0 Å². The fourth-order valence-corrected chi connectivity index (χ4v) is 2.99. The molecule has 8 heteroatoms. The van der Waals surface area contributed by atoms with Gasteiger partial charge in [-0.2, -0.15) is 14.9 Å². The van der Waals surface area contributed by atoms with Gasteiger partial charge in [0.1, 0.15) is 17.5 Å². The number of aromatic nitrogens is 3. The third-order valence-corrected chi connectivity index (χ3v) is 4.03. The molecule has 2 rings (SSSR count). The SMILES string of the molecule is Cc1nn2c(N)c(C#N)c(S(C)(=O)=O)nc2c1C(C)C. The number of nitrogen functional groups attached to an aromatic ring is 1. The average molecular weight is 293 g/mol. The smallest absolute Gasteiger partial charge is 0.194 e. The molecule has 0 saturated heterocycles. The van der Waals surface area contributed by atoms with Crippen LogP contribution in [-0.4, -0.2) is 29.3 Å². The van der Waals surface area contributed by atoms with Gasteiger partial charge < -0.3 is 5.73 Å². The Hall–Kier alpha value is -2.14. The Kier molecular flexibility index (Phi) is 3.18. The van der Waals surface area contributed by atoms with Gasteiger partial charge in [-0.05, 0) is 12.8 Å². The minimum Gasteiger partial charge on any atom is -0.382 e. The van der Waals surface area contributed by atoms with E-state index in [1.165, 1.54) is 4.52 Å². The van der Waals surface area contributed by atoms with E-state index >= 15 is 0 Å². The quantitative estimate of drug-likeness (QED) is 0.827. The summed E-state index contributed by atoms with van der Waals surface area (Å²) >= 11 is 0. The molecular formula is C12H15N5O2S. The molecule has 0 atom stereocenters. The Labute approximate surface area is 117 Å². The molecule has 0 unspecified atom stereocenters. The average Bonchev–Trinajstić information content (AvgIpc) is 2.64. The first-order valence-corrected chi connectivity index (χ1v) is 7.86. The molecule has 0 spiro atoms. The first-order chi connectivity index (χ1) is 9.18. The van der Waals surface area contributed by atoms with E-state index < -0.39 is 9.84 Å². The van der Waals surface area contributed by atoms with Gasteiger partial charge in [0.15, 0.2) is 20.5 Å². The molecule has 7 nitrogen and oxygen atoms in total. The molecule has 2 heterocycles. The van der Waals surface area contributed by atoms with Crippen molar-refractivity contribution in [3.8, 4) is 6.07 Å². The van der Waals surface area contributed by atoms with Crippen molar-refractivity contribution >= 4 is 21.3 Å². The van der Waals surface area contributed by atoms with Crippen molar-refractivity contribution < 1.29 is 8.42 Å². The summed E-state index contributed by atoms with van der Waals surface area (Å²) in [5, 5.41) is 13.1. The van der Waals surface area contributed by atoms with Crippen molar-refractivity contribution in [3.63, 3.8) is 0 Å². The Morgan fingerprint density at radius 3 is 2.45 bits per heavy atom. The molecule has 2 N–H and O–H groups in total. The molecule has 0 bridgehead atoms. The fraction of sp³-hybridized carbons (Fsp3) is 0.417. The molecule has 106 valence electrons. The molecule has 0 aromatic carbocycles. The molecule has 2 aromatic rings. The summed E-state index contributed by atoms with van der Waals surface area (Å²) < 4.78 is 24.9. The van der Waals surface area contributed by atoms with Crippen LogP contribution in [0.1, 0.15) is 36.6 Å². The predicted molar refractivity (Wildman–Crippen MR) is 74.1 cm³/mol. The van der Waals surface area contributed by atoms with Crippen LogP contribution < -0.4 is 5.73 Å². The summed E-state index contributed by atoms with van der Waals surface area (Å²) in [6, 6.07) is 1.79. The zero-order chi connectivity index (χ0) is 15.2. The molecule has 0 fully saturated rings. The number of nitrogens with two attached hydrogens (primary N) is 1. The highest BCUT2D eigenvalue weighted by Crippen LogP contribution is 2.28. The molecular weight excluding hydrogens is 278 g/mol. The van der Waals surface area contributed by atoms with Gasteiger partial charge >= 0.3 is 0 Å². The second-order valence-corrected chi connectivity index (χ2v) is 6.88. The molecule has 0 aliphatic rings. The normalized spacial score (nSPS) is 12.0. The largest absolute Gasteiger partial charge is 0.382 e. The lowest BCUT2D eigenvalue weighted by Gasteiger charge is -2.08. The second-order valence-electron chi connectivity index (χ2n) is 4.95. The Bertz CT molecular complexity index is 843. The van der Waals surface area contributed by atoms with Gasteiger partial charge in [0.05, 0.1) is 5.69 Å². The lowest BCUT2D eigenvalue weighted by molar-refractivity contribution is 0.597. The van der Waals surface area contributed by atoms with Crippen molar-refractivity contribution in [3.05, 3.63) is 16.8 Å². The number of nitrogens with zero attached hydrogens (tertiary/aromatic N) is 4. The van der Waals surface area contributed by atoms with E-state index in [1.807, 2.05) is 13.8 Å². The van der Waals surface area contributed by atoms with Crippen LogP contribution in [0.25, 0.3) is 5.65 Å². The monoisotopic (exact) mass is 293 g/mol. The first kappa shape index (κ1) is 14.3. The minimum atomic E-state index is -3.65. The first-order valence-electron chi connectivity index (χ1n) is 5.97. The van der Waals surface area contributed by atoms with Gasteiger partial charge in [-0.3, -0.25) is 0 Å². The highest BCUT2D eigenvalue weighted by molar-refractivity contribution is 7.90. The number of hydrogen-bond acceptors (Lipinski definition) is 6. The molecule has 0 saturated carbocycles. The zero-order valence-corrected chi connectivity index (χ0v) is 12.5. The Balaban J connectivity index is 3.05. The maximum atomic E-state index is 11.8. The van der Waals surface area contributed by atoms with Crippen LogP contribution in [0, 0.1) is 18.3 Å². The van der Waals surface area contributed by atoms with E-state index in [9.17, 15) is 8.42 Å². The van der Waals surface area contributed by atoms with Crippen molar-refractivity contribution in [2.45, 2.75) is 31.7 Å². The number of sulfone groups is 1. The number of nitriles is 1. The molecule has 20 heavy (non-hydrogen) atoms. The maximum Gasteiger partial charge on any atom is 0.194 e.